The van der Waals surface area contributed by atoms with Crippen molar-refractivity contribution in [3.8, 4) is 17.0 Å². The van der Waals surface area contributed by atoms with Crippen molar-refractivity contribution in [1.82, 2.24) is 13.9 Å². The van der Waals surface area contributed by atoms with Crippen LogP contribution in [0.5, 0.6) is 5.75 Å². The summed E-state index contributed by atoms with van der Waals surface area (Å²) in [5.41, 5.74) is 5.75. The molecule has 0 radical (unpaired) electrons. The normalized spacial score (nSPS) is 19.4. The van der Waals surface area contributed by atoms with E-state index in [0.29, 0.717) is 29.0 Å². The fraction of sp³-hybridized carbons (Fsp3) is 0.429. The van der Waals surface area contributed by atoms with E-state index in [1.54, 1.807) is 37.3 Å². The molecule has 0 aromatic carbocycles. The van der Waals surface area contributed by atoms with Crippen LogP contribution in [0.1, 0.15) is 52.7 Å². The van der Waals surface area contributed by atoms with Crippen molar-refractivity contribution in [3.63, 3.8) is 0 Å². The van der Waals surface area contributed by atoms with Crippen LogP contribution in [0.3, 0.4) is 0 Å². The van der Waals surface area contributed by atoms with Gasteiger partial charge < -0.3 is 15.2 Å². The monoisotopic (exact) mass is 560 g/mol. The van der Waals surface area contributed by atoms with E-state index in [2.05, 4.69) is 9.97 Å². The van der Waals surface area contributed by atoms with Gasteiger partial charge in [-0.1, -0.05) is 19.9 Å². The van der Waals surface area contributed by atoms with Crippen LogP contribution < -0.4 is 10.5 Å². The third kappa shape index (κ3) is 5.69. The lowest BCUT2D eigenvalue weighted by Gasteiger charge is -2.28. The molecule has 0 saturated heterocycles. The highest BCUT2D eigenvalue weighted by molar-refractivity contribution is 7.91. The number of fused-ring (bicyclic) bond motifs is 1. The third-order valence-corrected chi connectivity index (χ3v) is 9.00. The molecular formula is C28H34F2N4O4S. The average molecular weight is 561 g/mol. The molecule has 0 amide bonds. The molecule has 2 N–H and O–H groups in total. The van der Waals surface area contributed by atoms with Gasteiger partial charge in [0.1, 0.15) is 28.6 Å². The van der Waals surface area contributed by atoms with E-state index in [9.17, 15) is 17.2 Å². The summed E-state index contributed by atoms with van der Waals surface area (Å²) in [7, 11) is -2.51. The van der Waals surface area contributed by atoms with Gasteiger partial charge in [-0.05, 0) is 69.0 Å². The first-order valence-electron chi connectivity index (χ1n) is 12.6. The fourth-order valence-corrected chi connectivity index (χ4v) is 6.41. The number of methoxy groups -OCH3 is 1. The Hall–Kier alpha value is -3.31. The summed E-state index contributed by atoms with van der Waals surface area (Å²) in [6.07, 6.45) is 5.70. The van der Waals surface area contributed by atoms with Crippen LogP contribution in [0.15, 0.2) is 60.6 Å². The highest BCUT2D eigenvalue weighted by Gasteiger charge is 2.40. The fourth-order valence-electron chi connectivity index (χ4n) is 4.81. The third-order valence-electron chi connectivity index (χ3n) is 6.73. The van der Waals surface area contributed by atoms with E-state index in [-0.39, 0.29) is 30.1 Å². The molecule has 0 aliphatic heterocycles. The summed E-state index contributed by atoms with van der Waals surface area (Å²) in [4.78, 5) is 8.52. The van der Waals surface area contributed by atoms with Gasteiger partial charge in [-0.25, -0.2) is 31.1 Å². The van der Waals surface area contributed by atoms with E-state index in [0.717, 1.165) is 3.97 Å². The van der Waals surface area contributed by atoms with Crippen LogP contribution >= 0.6 is 0 Å². The summed E-state index contributed by atoms with van der Waals surface area (Å²) < 4.78 is 66.7. The molecule has 8 nitrogen and oxygen atoms in total. The minimum atomic E-state index is -4.02. The Morgan fingerprint density at radius 1 is 1.26 bits per heavy atom. The lowest BCUT2D eigenvalue weighted by Crippen LogP contribution is -2.43. The van der Waals surface area contributed by atoms with Gasteiger partial charge in [-0.3, -0.25) is 0 Å². The molecule has 0 saturated carbocycles. The zero-order valence-corrected chi connectivity index (χ0v) is 23.5. The standard InChI is InChI=1S/C28H34F2N4O4S/c1-18(2)15-27(3,31)17-38-23-9-8-22(33-24(23)25(29)30)21-16-34(26-20(21)7-6-14-32-26)39(35,36)28(4)12-10-19(37-5)11-13-28/h6-12,14,16,18,25H,13,15,17,31H2,1-5H3/t27-,28?/m0/s1. The number of aromatic nitrogens is 3. The summed E-state index contributed by atoms with van der Waals surface area (Å²) in [6.45, 7) is 7.51. The highest BCUT2D eigenvalue weighted by atomic mass is 32.2. The van der Waals surface area contributed by atoms with E-state index >= 15 is 0 Å². The Morgan fingerprint density at radius 3 is 2.62 bits per heavy atom. The minimum absolute atomic E-state index is 0.0404. The first-order valence-corrected chi connectivity index (χ1v) is 14.1. The van der Waals surface area contributed by atoms with E-state index < -0.39 is 32.4 Å². The van der Waals surface area contributed by atoms with E-state index in [1.807, 2.05) is 20.8 Å². The van der Waals surface area contributed by atoms with Crippen molar-refractivity contribution in [2.24, 2.45) is 11.7 Å². The minimum Gasteiger partial charge on any atom is -0.497 e. The Balaban J connectivity index is 1.76. The molecule has 11 heteroatoms. The number of hydrogen-bond donors (Lipinski definition) is 1. The number of nitrogens with zero attached hydrogens (tertiary/aromatic N) is 3. The quantitative estimate of drug-likeness (QED) is 0.344. The second-order valence-electron chi connectivity index (χ2n) is 10.8. The largest absolute Gasteiger partial charge is 0.497 e. The molecule has 1 aliphatic rings. The van der Waals surface area contributed by atoms with Crippen molar-refractivity contribution in [1.29, 1.82) is 0 Å². The molecule has 39 heavy (non-hydrogen) atoms. The van der Waals surface area contributed by atoms with Crippen LogP contribution in [0, 0.1) is 5.92 Å². The second-order valence-corrected chi connectivity index (χ2v) is 13.1. The van der Waals surface area contributed by atoms with Crippen LogP contribution in [0.4, 0.5) is 8.78 Å². The van der Waals surface area contributed by atoms with Gasteiger partial charge in [0.2, 0.25) is 10.0 Å². The molecular weight excluding hydrogens is 526 g/mol. The lowest BCUT2D eigenvalue weighted by atomic mass is 9.93. The van der Waals surface area contributed by atoms with Crippen LogP contribution in [-0.2, 0) is 14.8 Å². The SMILES string of the molecule is COC1=CCC(C)(S(=O)(=O)n2cc(-c3ccc(OC[C@@](C)(N)CC(C)C)c(C(F)F)n3)c3cccnc32)C=C1. The lowest BCUT2D eigenvalue weighted by molar-refractivity contribution is 0.134. The van der Waals surface area contributed by atoms with Crippen molar-refractivity contribution in [2.45, 2.75) is 57.2 Å². The molecule has 1 unspecified atom stereocenters. The smallest absolute Gasteiger partial charge is 0.284 e. The first kappa shape index (κ1) is 28.7. The van der Waals surface area contributed by atoms with Crippen molar-refractivity contribution in [2.75, 3.05) is 13.7 Å². The zero-order chi connectivity index (χ0) is 28.6. The number of pyridine rings is 2. The molecule has 0 fully saturated rings. The topological polar surface area (TPSA) is 109 Å². The molecule has 4 rings (SSSR count). The Labute approximate surface area is 227 Å². The molecule has 0 bridgehead atoms. The van der Waals surface area contributed by atoms with Gasteiger partial charge in [0.25, 0.3) is 6.43 Å². The Bertz CT molecular complexity index is 1530. The summed E-state index contributed by atoms with van der Waals surface area (Å²) in [6, 6.07) is 6.30. The first-order chi connectivity index (χ1) is 18.3. The molecule has 1 aliphatic carbocycles. The van der Waals surface area contributed by atoms with Crippen LogP contribution in [-0.4, -0.2) is 46.4 Å². The van der Waals surface area contributed by atoms with Gasteiger partial charge >= 0.3 is 0 Å². The summed E-state index contributed by atoms with van der Waals surface area (Å²) in [5, 5.41) is 0.463. The summed E-state index contributed by atoms with van der Waals surface area (Å²) >= 11 is 0. The van der Waals surface area contributed by atoms with E-state index in [1.165, 1.54) is 31.6 Å². The molecule has 3 heterocycles. The predicted molar refractivity (Wildman–Crippen MR) is 147 cm³/mol. The number of rotatable bonds is 10. The maximum Gasteiger partial charge on any atom is 0.284 e. The van der Waals surface area contributed by atoms with Crippen molar-refractivity contribution in [3.05, 3.63) is 66.3 Å². The maximum absolute atomic E-state index is 14.1. The Morgan fingerprint density at radius 2 is 2.00 bits per heavy atom. The molecule has 2 atom stereocenters. The summed E-state index contributed by atoms with van der Waals surface area (Å²) in [5.74, 6) is 0.818. The number of allylic oxidation sites excluding steroid dienone is 2. The van der Waals surface area contributed by atoms with E-state index in [4.69, 9.17) is 15.2 Å². The highest BCUT2D eigenvalue weighted by Crippen LogP contribution is 2.38. The van der Waals surface area contributed by atoms with Crippen molar-refractivity contribution >= 4 is 21.1 Å². The zero-order valence-electron chi connectivity index (χ0n) is 22.7. The van der Waals surface area contributed by atoms with Gasteiger partial charge in [0.05, 0.1) is 12.8 Å². The number of alkyl halides is 2. The molecule has 3 aromatic heterocycles. The number of nitrogens with two attached hydrogens (primary N) is 1. The van der Waals surface area contributed by atoms with Crippen LogP contribution in [0.25, 0.3) is 22.3 Å². The molecule has 0 spiro atoms. The molecule has 3 aromatic rings. The molecule has 210 valence electrons. The maximum atomic E-state index is 14.1. The number of hydrogen-bond acceptors (Lipinski definition) is 7. The van der Waals surface area contributed by atoms with Gasteiger partial charge in [-0.15, -0.1) is 0 Å². The predicted octanol–water partition coefficient (Wildman–Crippen LogP) is 5.61. The average Bonchev–Trinajstić information content (AvgIpc) is 3.27. The Kier molecular flexibility index (Phi) is 7.86. The number of halogens is 2. The van der Waals surface area contributed by atoms with Gasteiger partial charge in [0.15, 0.2) is 5.65 Å². The van der Waals surface area contributed by atoms with Crippen molar-refractivity contribution < 1.29 is 26.7 Å². The van der Waals surface area contributed by atoms with Gasteiger partial charge in [0, 0.05) is 28.9 Å². The van der Waals surface area contributed by atoms with Crippen LogP contribution in [0.2, 0.25) is 0 Å². The second kappa shape index (κ2) is 10.7. The van der Waals surface area contributed by atoms with Gasteiger partial charge in [-0.2, -0.15) is 0 Å². The number of ether oxygens (including phenoxy) is 2.